The van der Waals surface area contributed by atoms with Gasteiger partial charge in [0.1, 0.15) is 6.04 Å². The lowest BCUT2D eigenvalue weighted by molar-refractivity contribution is -0.145. The lowest BCUT2D eigenvalue weighted by Gasteiger charge is -2.35. The monoisotopic (exact) mass is 554 g/mol. The van der Waals surface area contributed by atoms with E-state index in [0.29, 0.717) is 17.8 Å². The Morgan fingerprint density at radius 2 is 1.63 bits per heavy atom. The van der Waals surface area contributed by atoms with Crippen molar-refractivity contribution >= 4 is 17.0 Å². The summed E-state index contributed by atoms with van der Waals surface area (Å²) in [6.45, 7) is 5.16. The predicted octanol–water partition coefficient (Wildman–Crippen LogP) is 6.41. The van der Waals surface area contributed by atoms with E-state index in [1.165, 1.54) is 50.5 Å². The molecule has 0 radical (unpaired) electrons. The highest BCUT2D eigenvalue weighted by molar-refractivity contribution is 5.74. The number of nitrogens with zero attached hydrogens (tertiary/aromatic N) is 4. The molecule has 6 nitrogen and oxygen atoms in total. The van der Waals surface area contributed by atoms with Crippen LogP contribution in [0, 0.1) is 17.8 Å². The van der Waals surface area contributed by atoms with Gasteiger partial charge in [-0.25, -0.2) is 4.98 Å². The van der Waals surface area contributed by atoms with E-state index in [1.807, 2.05) is 30.5 Å². The van der Waals surface area contributed by atoms with E-state index in [1.54, 1.807) is 0 Å². The molecule has 41 heavy (non-hydrogen) atoms. The summed E-state index contributed by atoms with van der Waals surface area (Å²) in [4.78, 5) is 26.9. The van der Waals surface area contributed by atoms with Crippen molar-refractivity contribution in [3.8, 4) is 0 Å². The zero-order valence-corrected chi connectivity index (χ0v) is 24.4. The maximum Gasteiger partial charge on any atom is 0.321 e. The number of hydrogen-bond acceptors (Lipinski definition) is 5. The first-order valence-electron chi connectivity index (χ1n) is 16.1. The number of piperidine rings is 1. The molecule has 2 saturated heterocycles. The molecule has 3 atom stereocenters. The third kappa shape index (κ3) is 6.98. The largest absolute Gasteiger partial charge is 0.480 e. The van der Waals surface area contributed by atoms with Crippen molar-refractivity contribution in [3.05, 3.63) is 72.1 Å². The van der Waals surface area contributed by atoms with Crippen molar-refractivity contribution in [2.75, 3.05) is 32.7 Å². The Bertz CT molecular complexity index is 1270. The van der Waals surface area contributed by atoms with Crippen LogP contribution in [-0.2, 0) is 11.2 Å². The van der Waals surface area contributed by atoms with Gasteiger partial charge < -0.3 is 10.0 Å². The van der Waals surface area contributed by atoms with Crippen LogP contribution in [0.5, 0.6) is 0 Å². The van der Waals surface area contributed by atoms with Crippen LogP contribution in [-0.4, -0.2) is 69.6 Å². The number of para-hydroxylation sites is 2. The highest BCUT2D eigenvalue weighted by Gasteiger charge is 2.43. The van der Waals surface area contributed by atoms with Crippen LogP contribution in [0.2, 0.25) is 0 Å². The summed E-state index contributed by atoms with van der Waals surface area (Å²) in [5.41, 5.74) is 4.44. The molecular formula is C35H46N4O2. The van der Waals surface area contributed by atoms with Gasteiger partial charge in [-0.15, -0.1) is 0 Å². The van der Waals surface area contributed by atoms with Crippen molar-refractivity contribution < 1.29 is 9.90 Å². The average molecular weight is 555 g/mol. The van der Waals surface area contributed by atoms with Gasteiger partial charge in [-0.05, 0) is 93.5 Å². The minimum absolute atomic E-state index is 0.299. The number of aryl methyl sites for hydroxylation is 1. The fourth-order valence-corrected chi connectivity index (χ4v) is 7.98. The Hall–Kier alpha value is -2.83. The second-order valence-corrected chi connectivity index (χ2v) is 12.9. The van der Waals surface area contributed by atoms with E-state index in [9.17, 15) is 9.90 Å². The van der Waals surface area contributed by atoms with Gasteiger partial charge in [-0.2, -0.15) is 0 Å². The first-order valence-corrected chi connectivity index (χ1v) is 16.1. The van der Waals surface area contributed by atoms with Crippen LogP contribution in [0.25, 0.3) is 11.0 Å². The zero-order chi connectivity index (χ0) is 28.0. The molecule has 218 valence electrons. The predicted molar refractivity (Wildman–Crippen MR) is 164 cm³/mol. The third-order valence-electron chi connectivity index (χ3n) is 10.2. The number of aliphatic carboxylic acids is 1. The molecule has 1 aliphatic carbocycles. The number of rotatable bonds is 10. The van der Waals surface area contributed by atoms with Crippen molar-refractivity contribution in [1.29, 1.82) is 0 Å². The first kappa shape index (κ1) is 28.3. The zero-order valence-electron chi connectivity index (χ0n) is 24.4. The summed E-state index contributed by atoms with van der Waals surface area (Å²) in [5, 5.41) is 10.3. The summed E-state index contributed by atoms with van der Waals surface area (Å²) in [5.74, 6) is 1.35. The van der Waals surface area contributed by atoms with Crippen molar-refractivity contribution in [1.82, 2.24) is 19.8 Å². The number of fused-ring (bicyclic) bond motifs is 1. The maximum absolute atomic E-state index is 12.5. The lowest BCUT2D eigenvalue weighted by atomic mass is 9.83. The lowest BCUT2D eigenvalue weighted by Crippen LogP contribution is -2.46. The van der Waals surface area contributed by atoms with Crippen molar-refractivity contribution in [3.63, 3.8) is 0 Å². The fourth-order valence-electron chi connectivity index (χ4n) is 7.98. The molecule has 6 rings (SSSR count). The molecule has 3 unspecified atom stereocenters. The van der Waals surface area contributed by atoms with Crippen LogP contribution in [0.1, 0.15) is 75.0 Å². The number of benzene rings is 2. The van der Waals surface area contributed by atoms with Gasteiger partial charge in [0.05, 0.1) is 16.7 Å². The smallest absolute Gasteiger partial charge is 0.321 e. The summed E-state index contributed by atoms with van der Waals surface area (Å²) in [6.07, 6.45) is 13.6. The summed E-state index contributed by atoms with van der Waals surface area (Å²) in [6, 6.07) is 18.7. The van der Waals surface area contributed by atoms with Gasteiger partial charge in [0, 0.05) is 31.7 Å². The molecule has 2 aliphatic heterocycles. The van der Waals surface area contributed by atoms with Crippen LogP contribution in [0.15, 0.2) is 60.8 Å². The van der Waals surface area contributed by atoms with Crippen molar-refractivity contribution in [2.45, 2.75) is 76.2 Å². The summed E-state index contributed by atoms with van der Waals surface area (Å²) < 4.78 is 0. The van der Waals surface area contributed by atoms with E-state index < -0.39 is 5.97 Å². The van der Waals surface area contributed by atoms with E-state index in [4.69, 9.17) is 4.98 Å². The molecule has 3 aliphatic rings. The van der Waals surface area contributed by atoms with E-state index in [0.717, 1.165) is 74.6 Å². The topological polar surface area (TPSA) is 69.6 Å². The number of carbonyl (C=O) groups is 1. The van der Waals surface area contributed by atoms with Crippen LogP contribution < -0.4 is 0 Å². The molecule has 3 fully saturated rings. The third-order valence-corrected chi connectivity index (χ3v) is 10.2. The Morgan fingerprint density at radius 3 is 2.39 bits per heavy atom. The van der Waals surface area contributed by atoms with Gasteiger partial charge in [0.15, 0.2) is 0 Å². The standard InChI is InChI=1S/C35H46N4O2/c40-35(41)34(28-13-5-2-6-14-28)39-24-29(31(25-39)27-11-3-1-4-12-27)23-38-20-18-26(19-21-38)10-9-15-30-22-36-32-16-7-8-17-33(32)37-30/h1,3-4,7-8,11-12,16-17,22,26,28-29,31,34H,2,5-6,9-10,13-15,18-21,23-25H2,(H,40,41). The highest BCUT2D eigenvalue weighted by atomic mass is 16.4. The Morgan fingerprint density at radius 1 is 0.902 bits per heavy atom. The van der Waals surface area contributed by atoms with Gasteiger partial charge >= 0.3 is 5.97 Å². The summed E-state index contributed by atoms with van der Waals surface area (Å²) >= 11 is 0. The van der Waals surface area contributed by atoms with E-state index in [-0.39, 0.29) is 6.04 Å². The summed E-state index contributed by atoms with van der Waals surface area (Å²) in [7, 11) is 0. The maximum atomic E-state index is 12.5. The second kappa shape index (κ2) is 13.4. The SMILES string of the molecule is O=C(O)C(C1CCCCC1)N1CC(CN2CCC(CCCc3cnc4ccccc4n3)CC2)C(c2ccccc2)C1. The molecule has 3 heterocycles. The fraction of sp³-hybridized carbons (Fsp3) is 0.571. The Labute approximate surface area is 245 Å². The normalized spacial score (nSPS) is 24.1. The molecule has 6 heteroatoms. The molecule has 0 bridgehead atoms. The minimum Gasteiger partial charge on any atom is -0.480 e. The quantitative estimate of drug-likeness (QED) is 0.312. The first-order chi connectivity index (χ1) is 20.1. The van der Waals surface area contributed by atoms with E-state index >= 15 is 0 Å². The molecule has 1 saturated carbocycles. The number of likely N-dealkylation sites (tertiary alicyclic amines) is 2. The van der Waals surface area contributed by atoms with Gasteiger partial charge in [-0.3, -0.25) is 14.7 Å². The Kier molecular flexibility index (Phi) is 9.27. The molecule has 0 spiro atoms. The molecule has 1 aromatic heterocycles. The van der Waals surface area contributed by atoms with E-state index in [2.05, 4.69) is 45.1 Å². The molecule has 2 aromatic carbocycles. The molecule has 3 aromatic rings. The van der Waals surface area contributed by atoms with Gasteiger partial charge in [0.25, 0.3) is 0 Å². The van der Waals surface area contributed by atoms with Crippen LogP contribution >= 0.6 is 0 Å². The second-order valence-electron chi connectivity index (χ2n) is 12.9. The average Bonchev–Trinajstić information content (AvgIpc) is 3.41. The number of hydrogen-bond donors (Lipinski definition) is 1. The van der Waals surface area contributed by atoms with Crippen molar-refractivity contribution in [2.24, 2.45) is 17.8 Å². The van der Waals surface area contributed by atoms with Crippen LogP contribution in [0.4, 0.5) is 0 Å². The number of carboxylic acid groups (broad SMARTS) is 1. The minimum atomic E-state index is -0.611. The molecule has 1 N–H and O–H groups in total. The number of carboxylic acids is 1. The molecular weight excluding hydrogens is 508 g/mol. The van der Waals surface area contributed by atoms with Crippen LogP contribution in [0.3, 0.4) is 0 Å². The Balaban J connectivity index is 1.03. The number of aromatic nitrogens is 2. The highest BCUT2D eigenvalue weighted by Crippen LogP contribution is 2.38. The van der Waals surface area contributed by atoms with Gasteiger partial charge in [-0.1, -0.05) is 61.7 Å². The molecule has 0 amide bonds. The van der Waals surface area contributed by atoms with Gasteiger partial charge in [0.2, 0.25) is 0 Å².